The number of aliphatic hydroxyl groups is 1. The maximum atomic E-state index is 15.3. The van der Waals surface area contributed by atoms with Crippen LogP contribution in [0.5, 0.6) is 0 Å². The lowest BCUT2D eigenvalue weighted by Crippen LogP contribution is -2.41. The van der Waals surface area contributed by atoms with Crippen molar-refractivity contribution in [3.63, 3.8) is 0 Å². The molecule has 5 heterocycles. The minimum absolute atomic E-state index is 0.159. The highest BCUT2D eigenvalue weighted by Gasteiger charge is 2.32. The van der Waals surface area contributed by atoms with Crippen LogP contribution >= 0.6 is 0 Å². The van der Waals surface area contributed by atoms with Gasteiger partial charge < -0.3 is 24.0 Å². The van der Waals surface area contributed by atoms with Crippen LogP contribution in [0.3, 0.4) is 0 Å². The molecule has 1 N–H and O–H groups in total. The number of likely N-dealkylation sites (tertiary alicyclic amines) is 1. The normalized spacial score (nSPS) is 17.1. The van der Waals surface area contributed by atoms with Gasteiger partial charge in [0.2, 0.25) is 0 Å². The molecule has 3 aromatic heterocycles. The quantitative estimate of drug-likeness (QED) is 0.372. The molecule has 4 aromatic rings. The zero-order valence-corrected chi connectivity index (χ0v) is 24.6. The lowest BCUT2D eigenvalue weighted by Gasteiger charge is -2.36. The van der Waals surface area contributed by atoms with E-state index in [1.807, 2.05) is 18.3 Å². The van der Waals surface area contributed by atoms with Gasteiger partial charge in [0.05, 0.1) is 12.3 Å². The van der Waals surface area contributed by atoms with Crippen LogP contribution in [0, 0.1) is 5.82 Å². The van der Waals surface area contributed by atoms with Crippen molar-refractivity contribution >= 4 is 11.6 Å². The van der Waals surface area contributed by atoms with Gasteiger partial charge in [-0.25, -0.2) is 4.39 Å². The molecule has 8 nitrogen and oxygen atoms in total. The second-order valence-electron chi connectivity index (χ2n) is 12.3. The molecule has 1 aliphatic carbocycles. The van der Waals surface area contributed by atoms with E-state index >= 15 is 4.39 Å². The highest BCUT2D eigenvalue weighted by atomic mass is 19.1. The van der Waals surface area contributed by atoms with Crippen molar-refractivity contribution in [3.8, 4) is 11.1 Å². The summed E-state index contributed by atoms with van der Waals surface area (Å²) >= 11 is 0. The molecule has 0 unspecified atom stereocenters. The Labute approximate surface area is 250 Å². The SMILES string of the molecule is CN1CC(c2ccc(Cc3cc(-c4cc(F)cc(N5CCn6c(cc7c6CCCC7)C5=O)c4CO)cn(C)c3=O)nc2)C1. The van der Waals surface area contributed by atoms with E-state index in [-0.39, 0.29) is 18.1 Å². The van der Waals surface area contributed by atoms with Crippen molar-refractivity contribution < 1.29 is 14.3 Å². The summed E-state index contributed by atoms with van der Waals surface area (Å²) in [7, 11) is 3.77. The Kier molecular flexibility index (Phi) is 7.02. The first-order valence-electron chi connectivity index (χ1n) is 15.1. The smallest absolute Gasteiger partial charge is 0.274 e. The largest absolute Gasteiger partial charge is 0.392 e. The maximum absolute atomic E-state index is 15.3. The molecule has 2 aliphatic heterocycles. The third kappa shape index (κ3) is 4.90. The van der Waals surface area contributed by atoms with Gasteiger partial charge in [0.15, 0.2) is 0 Å². The van der Waals surface area contributed by atoms with Crippen LogP contribution < -0.4 is 10.5 Å². The van der Waals surface area contributed by atoms with Gasteiger partial charge in [0.1, 0.15) is 11.5 Å². The number of hydrogen-bond donors (Lipinski definition) is 1. The zero-order valence-electron chi connectivity index (χ0n) is 24.6. The second-order valence-corrected chi connectivity index (χ2v) is 12.3. The number of amides is 1. The van der Waals surface area contributed by atoms with Crippen molar-refractivity contribution in [2.75, 3.05) is 31.6 Å². The number of aryl methyl sites for hydroxylation is 2. The fraction of sp³-hybridized carbons (Fsp3) is 0.382. The van der Waals surface area contributed by atoms with Gasteiger partial charge in [-0.05, 0) is 85.3 Å². The number of benzene rings is 1. The summed E-state index contributed by atoms with van der Waals surface area (Å²) in [6.07, 6.45) is 8.07. The zero-order chi connectivity index (χ0) is 29.8. The standard InChI is InChI=1S/C34H36FN5O3/c1-37-17-25(18-37)22-7-8-27(36-16-22)12-23-11-24(19-38(2)33(23)42)28-14-26(35)15-31(29(28)20-41)40-10-9-39-30-6-4-3-5-21(30)13-32(39)34(40)43/h7-8,11,13-16,19,25,41H,3-6,9-10,12,17-18,20H2,1-2H3. The summed E-state index contributed by atoms with van der Waals surface area (Å²) in [6, 6.07) is 10.5. The van der Waals surface area contributed by atoms with Crippen LogP contribution in [-0.2, 0) is 39.5 Å². The average Bonchev–Trinajstić information content (AvgIpc) is 3.38. The summed E-state index contributed by atoms with van der Waals surface area (Å²) in [6.45, 7) is 2.67. The highest BCUT2D eigenvalue weighted by Crippen LogP contribution is 2.36. The van der Waals surface area contributed by atoms with Crippen LogP contribution in [0.1, 0.15) is 62.9 Å². The van der Waals surface area contributed by atoms with Gasteiger partial charge in [0, 0.05) is 80.5 Å². The first-order valence-corrected chi connectivity index (χ1v) is 15.1. The van der Waals surface area contributed by atoms with Gasteiger partial charge in [0.25, 0.3) is 11.5 Å². The van der Waals surface area contributed by atoms with Crippen molar-refractivity contribution in [1.29, 1.82) is 0 Å². The van der Waals surface area contributed by atoms with Crippen LogP contribution in [0.15, 0.2) is 53.6 Å². The van der Waals surface area contributed by atoms with E-state index in [4.69, 9.17) is 0 Å². The number of pyridine rings is 2. The molecule has 9 heteroatoms. The number of carbonyl (C=O) groups is 1. The monoisotopic (exact) mass is 581 g/mol. The Balaban J connectivity index is 1.23. The Bertz CT molecular complexity index is 1790. The molecule has 7 rings (SSSR count). The van der Waals surface area contributed by atoms with E-state index in [0.29, 0.717) is 59.1 Å². The van der Waals surface area contributed by atoms with Crippen molar-refractivity contribution in [2.24, 2.45) is 7.05 Å². The predicted octanol–water partition coefficient (Wildman–Crippen LogP) is 4.04. The van der Waals surface area contributed by atoms with Crippen LogP contribution in [0.4, 0.5) is 10.1 Å². The Morgan fingerprint density at radius 1 is 1.02 bits per heavy atom. The van der Waals surface area contributed by atoms with Gasteiger partial charge in [-0.1, -0.05) is 6.07 Å². The number of carbonyl (C=O) groups excluding carboxylic acids is 1. The highest BCUT2D eigenvalue weighted by molar-refractivity contribution is 6.07. The maximum Gasteiger partial charge on any atom is 0.274 e. The number of halogens is 1. The molecular weight excluding hydrogens is 545 g/mol. The number of hydrogen-bond acceptors (Lipinski definition) is 5. The first kappa shape index (κ1) is 27.7. The van der Waals surface area contributed by atoms with Gasteiger partial charge in [-0.2, -0.15) is 0 Å². The Morgan fingerprint density at radius 2 is 1.84 bits per heavy atom. The van der Waals surface area contributed by atoms with Gasteiger partial charge in [-0.3, -0.25) is 14.6 Å². The molecule has 0 saturated carbocycles. The van der Waals surface area contributed by atoms with E-state index in [0.717, 1.165) is 44.5 Å². The molecule has 0 bridgehead atoms. The van der Waals surface area contributed by atoms with E-state index in [1.165, 1.54) is 33.5 Å². The molecule has 0 radical (unpaired) electrons. The molecule has 3 aliphatic rings. The Morgan fingerprint density at radius 3 is 2.58 bits per heavy atom. The van der Waals surface area contributed by atoms with E-state index in [1.54, 1.807) is 24.2 Å². The van der Waals surface area contributed by atoms with Crippen molar-refractivity contribution in [1.82, 2.24) is 19.0 Å². The molecule has 1 saturated heterocycles. The molecule has 222 valence electrons. The molecular formula is C34H36FN5O3. The summed E-state index contributed by atoms with van der Waals surface area (Å²) in [5, 5.41) is 10.6. The number of aromatic nitrogens is 3. The second kappa shape index (κ2) is 10.9. The van der Waals surface area contributed by atoms with Crippen LogP contribution in [0.2, 0.25) is 0 Å². The summed E-state index contributed by atoms with van der Waals surface area (Å²) in [5.74, 6) is -0.205. The van der Waals surface area contributed by atoms with Crippen molar-refractivity contribution in [3.05, 3.63) is 104 Å². The molecule has 1 fully saturated rings. The van der Waals surface area contributed by atoms with Crippen LogP contribution in [0.25, 0.3) is 11.1 Å². The van der Waals surface area contributed by atoms with E-state index in [2.05, 4.69) is 27.6 Å². The number of aliphatic hydroxyl groups excluding tert-OH is 1. The number of nitrogens with zero attached hydrogens (tertiary/aromatic N) is 5. The Hall–Kier alpha value is -4.08. The van der Waals surface area contributed by atoms with Crippen molar-refractivity contribution in [2.45, 2.75) is 51.2 Å². The number of anilines is 1. The van der Waals surface area contributed by atoms with Gasteiger partial charge in [-0.15, -0.1) is 0 Å². The fourth-order valence-corrected chi connectivity index (χ4v) is 7.10. The van der Waals surface area contributed by atoms with Crippen LogP contribution in [-0.4, -0.2) is 56.7 Å². The molecule has 0 atom stereocenters. The third-order valence-electron chi connectivity index (χ3n) is 9.38. The number of rotatable bonds is 6. The first-order chi connectivity index (χ1) is 20.8. The average molecular weight is 582 g/mol. The minimum Gasteiger partial charge on any atom is -0.392 e. The molecule has 1 amide bonds. The van der Waals surface area contributed by atoms with Gasteiger partial charge >= 0.3 is 0 Å². The molecule has 0 spiro atoms. The van der Waals surface area contributed by atoms with E-state index < -0.39 is 5.82 Å². The molecule has 1 aromatic carbocycles. The molecule has 43 heavy (non-hydrogen) atoms. The minimum atomic E-state index is -0.510. The number of fused-ring (bicyclic) bond motifs is 3. The fourth-order valence-electron chi connectivity index (χ4n) is 7.10. The summed E-state index contributed by atoms with van der Waals surface area (Å²) in [4.78, 5) is 35.4. The van der Waals surface area contributed by atoms with E-state index in [9.17, 15) is 14.7 Å². The lowest BCUT2D eigenvalue weighted by atomic mass is 9.93. The summed E-state index contributed by atoms with van der Waals surface area (Å²) in [5.41, 5.74) is 7.31. The topological polar surface area (TPSA) is 83.6 Å². The third-order valence-corrected chi connectivity index (χ3v) is 9.38. The summed E-state index contributed by atoms with van der Waals surface area (Å²) < 4.78 is 18.9. The lowest BCUT2D eigenvalue weighted by molar-refractivity contribution is 0.0964. The number of likely N-dealkylation sites (N-methyl/N-ethyl adjacent to an activating group) is 1. The predicted molar refractivity (Wildman–Crippen MR) is 163 cm³/mol.